The molecule has 3 heterocycles. The number of hydrogen-bond donors (Lipinski definition) is 0. The van der Waals surface area contributed by atoms with Crippen LogP contribution in [0, 0.1) is 5.41 Å². The van der Waals surface area contributed by atoms with Crippen LogP contribution in [0.25, 0.3) is 0 Å². The Labute approximate surface area is 415 Å². The average Bonchev–Trinajstić information content (AvgIpc) is 3.71. The van der Waals surface area contributed by atoms with Gasteiger partial charge in [0.25, 0.3) is 6.71 Å². The molecule has 354 valence electrons. The fraction of sp³-hybridized carbons (Fsp3) is 0.446. The van der Waals surface area contributed by atoms with Crippen molar-refractivity contribution in [3.05, 3.63) is 148 Å². The van der Waals surface area contributed by atoms with Crippen LogP contribution in [0.4, 0.5) is 45.5 Å². The van der Waals surface area contributed by atoms with Crippen LogP contribution in [0.15, 0.2) is 109 Å². The predicted octanol–water partition coefficient (Wildman–Crippen LogP) is 15.6. The second kappa shape index (κ2) is 14.5. The first-order chi connectivity index (χ1) is 32.4. The summed E-state index contributed by atoms with van der Waals surface area (Å²) in [4.78, 5) is 8.24. The maximum Gasteiger partial charge on any atom is 0.252 e. The second-order valence-electron chi connectivity index (χ2n) is 27.2. The van der Waals surface area contributed by atoms with E-state index >= 15 is 0 Å². The van der Waals surface area contributed by atoms with E-state index in [0.717, 1.165) is 19.3 Å². The molecule has 0 aromatic heterocycles. The van der Waals surface area contributed by atoms with E-state index < -0.39 is 0 Å². The summed E-state index contributed by atoms with van der Waals surface area (Å²) in [5.41, 5.74) is 25.5. The maximum absolute atomic E-state index is 2.82. The van der Waals surface area contributed by atoms with Gasteiger partial charge in [-0.15, -0.1) is 0 Å². The van der Waals surface area contributed by atoms with Gasteiger partial charge in [0.15, 0.2) is 0 Å². The zero-order valence-corrected chi connectivity index (χ0v) is 44.5. The molecule has 2 atom stereocenters. The molecule has 3 aliphatic carbocycles. The first kappa shape index (κ1) is 45.0. The molecule has 12 rings (SSSR count). The summed E-state index contributed by atoms with van der Waals surface area (Å²) in [5.74, 6) is 0. The summed E-state index contributed by atoms with van der Waals surface area (Å²) < 4.78 is 0. The van der Waals surface area contributed by atoms with Crippen molar-refractivity contribution in [3.63, 3.8) is 0 Å². The molecule has 0 spiro atoms. The number of rotatable bonds is 3. The lowest BCUT2D eigenvalue weighted by Gasteiger charge is -2.51. The summed E-state index contributed by atoms with van der Waals surface area (Å²) >= 11 is 0. The van der Waals surface area contributed by atoms with Crippen LogP contribution in [-0.2, 0) is 39.9 Å². The highest BCUT2D eigenvalue weighted by molar-refractivity contribution is 7.00. The fourth-order valence-corrected chi connectivity index (χ4v) is 14.6. The first-order valence-corrected chi connectivity index (χ1v) is 26.6. The highest BCUT2D eigenvalue weighted by atomic mass is 15.3. The van der Waals surface area contributed by atoms with Crippen LogP contribution < -0.4 is 31.1 Å². The molecule has 4 heteroatoms. The van der Waals surface area contributed by atoms with Gasteiger partial charge in [0.2, 0.25) is 0 Å². The van der Waals surface area contributed by atoms with E-state index in [1.54, 1.807) is 0 Å². The number of nitrogens with zero attached hydrogens (tertiary/aromatic N) is 3. The third kappa shape index (κ3) is 6.51. The molecular formula is C65H76BN3. The van der Waals surface area contributed by atoms with Gasteiger partial charge in [0.1, 0.15) is 0 Å². The average molecular weight is 910 g/mol. The lowest BCUT2D eigenvalue weighted by Crippen LogP contribution is -2.62. The Kier molecular flexibility index (Phi) is 9.42. The maximum atomic E-state index is 2.82. The number of anilines is 8. The third-order valence-electron chi connectivity index (χ3n) is 18.9. The summed E-state index contributed by atoms with van der Waals surface area (Å²) in [7, 11) is 0. The Morgan fingerprint density at radius 1 is 0.449 bits per heavy atom. The molecule has 1 saturated carbocycles. The van der Waals surface area contributed by atoms with E-state index in [2.05, 4.69) is 221 Å². The quantitative estimate of drug-likeness (QED) is 0.164. The Hall–Kier alpha value is -5.22. The van der Waals surface area contributed by atoms with Crippen LogP contribution in [0.3, 0.4) is 0 Å². The Bertz CT molecular complexity index is 3100. The van der Waals surface area contributed by atoms with E-state index in [0.29, 0.717) is 0 Å². The molecule has 3 aliphatic heterocycles. The summed E-state index contributed by atoms with van der Waals surface area (Å²) in [5, 5.41) is 0. The molecule has 3 nitrogen and oxygen atoms in total. The van der Waals surface area contributed by atoms with Crippen LogP contribution in [0.5, 0.6) is 0 Å². The topological polar surface area (TPSA) is 9.72 Å². The number of benzene rings is 6. The van der Waals surface area contributed by atoms with Gasteiger partial charge in [-0.2, -0.15) is 0 Å². The molecule has 6 aromatic rings. The van der Waals surface area contributed by atoms with Gasteiger partial charge in [-0.1, -0.05) is 157 Å². The molecule has 0 saturated heterocycles. The lowest BCUT2D eigenvalue weighted by molar-refractivity contribution is 0.195. The van der Waals surface area contributed by atoms with Gasteiger partial charge in [0, 0.05) is 50.9 Å². The molecule has 0 bridgehead atoms. The normalized spacial score (nSPS) is 23.4. The van der Waals surface area contributed by atoms with Crippen LogP contribution in [0.1, 0.15) is 174 Å². The SMILES string of the molecule is CC1(C)Cc2cc3c(cc2C1)N(c1ccc(C(C)(C)C)cc1)c1cc(N2c4ccccc4C4(C)CCCCC24C)cc2c1B3c1cc3c(cc1N2c1ccc(C(C)(C)C)cc1)C(C)(C)CCC3(C)C. The van der Waals surface area contributed by atoms with Gasteiger partial charge < -0.3 is 14.7 Å². The summed E-state index contributed by atoms with van der Waals surface area (Å²) in [6.45, 7) is 34.2. The van der Waals surface area contributed by atoms with Gasteiger partial charge in [-0.05, 0) is 182 Å². The third-order valence-corrected chi connectivity index (χ3v) is 18.9. The molecular weight excluding hydrogens is 834 g/mol. The van der Waals surface area contributed by atoms with Crippen molar-refractivity contribution in [1.82, 2.24) is 0 Å². The van der Waals surface area contributed by atoms with E-state index in [-0.39, 0.29) is 44.7 Å². The lowest BCUT2D eigenvalue weighted by atomic mass is 9.33. The van der Waals surface area contributed by atoms with Gasteiger partial charge >= 0.3 is 0 Å². The molecule has 0 N–H and O–H groups in total. The Balaban J connectivity index is 1.22. The molecule has 69 heavy (non-hydrogen) atoms. The summed E-state index contributed by atoms with van der Waals surface area (Å²) in [6, 6.07) is 44.7. The molecule has 6 aliphatic rings. The minimum Gasteiger partial charge on any atom is -0.334 e. The minimum absolute atomic E-state index is 0.0342. The minimum atomic E-state index is -0.0894. The van der Waals surface area contributed by atoms with Gasteiger partial charge in [-0.25, -0.2) is 0 Å². The van der Waals surface area contributed by atoms with Crippen molar-refractivity contribution < 1.29 is 0 Å². The second-order valence-corrected chi connectivity index (χ2v) is 27.2. The molecule has 2 unspecified atom stereocenters. The highest BCUT2D eigenvalue weighted by Crippen LogP contribution is 2.62. The Morgan fingerprint density at radius 3 is 1.51 bits per heavy atom. The summed E-state index contributed by atoms with van der Waals surface area (Å²) in [6.07, 6.45) is 9.46. The standard InChI is InChI=1S/C65H76BN3/c1-59(2,3)43-21-25-45(26-22-43)67-54-34-42-40-61(7,8)39-41(42)33-51(54)66-52-37-49-50(63(11,12)32-31-62(49,9)10)38-55(52)68(46-27-23-44(24-28-46)60(4,5)6)57-36-47(35-56(67)58(57)66)69-53-20-16-15-19-48(53)64(13)29-17-18-30-65(64,69)14/h15-16,19-28,33-38H,17-18,29-32,39-40H2,1-14H3. The molecule has 0 radical (unpaired) electrons. The van der Waals surface area contributed by atoms with Crippen molar-refractivity contribution >= 4 is 68.6 Å². The van der Waals surface area contributed by atoms with Crippen molar-refractivity contribution in [3.8, 4) is 0 Å². The van der Waals surface area contributed by atoms with Crippen LogP contribution in [0.2, 0.25) is 0 Å². The monoisotopic (exact) mass is 910 g/mol. The van der Waals surface area contributed by atoms with E-state index in [1.165, 1.54) is 133 Å². The Morgan fingerprint density at radius 2 is 0.942 bits per heavy atom. The van der Waals surface area contributed by atoms with Crippen LogP contribution in [-0.4, -0.2) is 12.3 Å². The predicted molar refractivity (Wildman–Crippen MR) is 297 cm³/mol. The number of hydrogen-bond acceptors (Lipinski definition) is 3. The fourth-order valence-electron chi connectivity index (χ4n) is 14.6. The van der Waals surface area contributed by atoms with E-state index in [1.807, 2.05) is 0 Å². The molecule has 1 fully saturated rings. The van der Waals surface area contributed by atoms with E-state index in [9.17, 15) is 0 Å². The van der Waals surface area contributed by atoms with Crippen LogP contribution >= 0.6 is 0 Å². The number of para-hydroxylation sites is 1. The zero-order valence-electron chi connectivity index (χ0n) is 44.5. The largest absolute Gasteiger partial charge is 0.334 e. The molecule has 0 amide bonds. The number of fused-ring (bicyclic) bond motifs is 9. The van der Waals surface area contributed by atoms with Crippen molar-refractivity contribution in [2.24, 2.45) is 5.41 Å². The van der Waals surface area contributed by atoms with Crippen molar-refractivity contribution in [1.29, 1.82) is 0 Å². The molecule has 6 aromatic carbocycles. The zero-order chi connectivity index (χ0) is 48.6. The first-order valence-electron chi connectivity index (χ1n) is 26.6. The highest BCUT2D eigenvalue weighted by Gasteiger charge is 2.58. The van der Waals surface area contributed by atoms with Crippen molar-refractivity contribution in [2.45, 2.75) is 181 Å². The van der Waals surface area contributed by atoms with E-state index in [4.69, 9.17) is 0 Å². The van der Waals surface area contributed by atoms with Crippen molar-refractivity contribution in [2.75, 3.05) is 14.7 Å². The van der Waals surface area contributed by atoms with Gasteiger partial charge in [-0.3, -0.25) is 0 Å². The van der Waals surface area contributed by atoms with Gasteiger partial charge in [0.05, 0.1) is 5.54 Å². The smallest absolute Gasteiger partial charge is 0.252 e.